The Labute approximate surface area is 257 Å². The van der Waals surface area contributed by atoms with Crippen LogP contribution < -0.4 is 20.7 Å². The summed E-state index contributed by atoms with van der Waals surface area (Å²) in [6, 6.07) is 5.86. The van der Waals surface area contributed by atoms with Crippen molar-refractivity contribution in [3.63, 3.8) is 0 Å². The van der Waals surface area contributed by atoms with E-state index in [9.17, 15) is 13.9 Å². The van der Waals surface area contributed by atoms with Crippen molar-refractivity contribution >= 4 is 27.5 Å². The number of anilines is 1. The molecule has 2 bridgehead atoms. The number of aromatic nitrogens is 3. The van der Waals surface area contributed by atoms with Gasteiger partial charge in [-0.3, -0.25) is 9.88 Å². The Hall–Kier alpha value is -4.18. The molecule has 4 fully saturated rings. The molecule has 4 aliphatic rings. The summed E-state index contributed by atoms with van der Waals surface area (Å²) in [4.78, 5) is 17.9. The summed E-state index contributed by atoms with van der Waals surface area (Å²) >= 11 is 0. The summed E-state index contributed by atoms with van der Waals surface area (Å²) in [6.45, 7) is 2.33. The van der Waals surface area contributed by atoms with E-state index in [2.05, 4.69) is 26.1 Å². The lowest BCUT2D eigenvalue weighted by molar-refractivity contribution is 0.107. The number of hydrogen-bond acceptors (Lipinski definition) is 9. The fraction of sp³-hybridized carbons (Fsp3) is 0.424. The topological polar surface area (TPSA) is 113 Å². The molecule has 6 heterocycles. The molecule has 45 heavy (non-hydrogen) atoms. The molecule has 0 spiro atoms. The summed E-state index contributed by atoms with van der Waals surface area (Å²) < 4.78 is 52.3. The number of hydrogen-bond donors (Lipinski definition) is 3. The van der Waals surface area contributed by atoms with Crippen molar-refractivity contribution in [3.05, 3.63) is 47.7 Å². The van der Waals surface area contributed by atoms with E-state index in [1.807, 2.05) is 4.90 Å². The van der Waals surface area contributed by atoms with Crippen molar-refractivity contribution < 1.29 is 23.0 Å². The zero-order valence-corrected chi connectivity index (χ0v) is 24.4. The molecule has 4 N–H and O–H groups in total. The first-order valence-electron chi connectivity index (χ1n) is 15.3. The smallest absolute Gasteiger partial charge is 0.319 e. The molecule has 9 nitrogen and oxygen atoms in total. The summed E-state index contributed by atoms with van der Waals surface area (Å²) in [5, 5.41) is 15.2. The Balaban J connectivity index is 1.27. The van der Waals surface area contributed by atoms with Crippen LogP contribution >= 0.6 is 0 Å². The number of nitrogens with zero attached hydrogens (tertiary/aromatic N) is 5. The van der Waals surface area contributed by atoms with Gasteiger partial charge in [0, 0.05) is 67.9 Å². The Morgan fingerprint density at radius 3 is 2.69 bits per heavy atom. The van der Waals surface area contributed by atoms with Crippen molar-refractivity contribution in [1.82, 2.24) is 25.2 Å². The average molecular weight is 616 g/mol. The van der Waals surface area contributed by atoms with Gasteiger partial charge in [-0.05, 0) is 42.8 Å². The number of phenols is 1. The van der Waals surface area contributed by atoms with E-state index in [4.69, 9.17) is 21.9 Å². The number of alkyl halides is 1. The van der Waals surface area contributed by atoms with Gasteiger partial charge >= 0.3 is 6.01 Å². The average Bonchev–Trinajstić information content (AvgIpc) is 3.62. The van der Waals surface area contributed by atoms with Crippen molar-refractivity contribution in [1.29, 1.82) is 0 Å². The summed E-state index contributed by atoms with van der Waals surface area (Å²) in [7, 11) is 0. The van der Waals surface area contributed by atoms with Gasteiger partial charge in [0.25, 0.3) is 0 Å². The van der Waals surface area contributed by atoms with Crippen LogP contribution in [0.3, 0.4) is 0 Å². The van der Waals surface area contributed by atoms with E-state index >= 15 is 4.39 Å². The highest BCUT2D eigenvalue weighted by molar-refractivity contribution is 6.03. The molecular formula is C33H32F3N7O2. The van der Waals surface area contributed by atoms with Gasteiger partial charge in [-0.1, -0.05) is 12.0 Å². The number of benzene rings is 2. The maximum Gasteiger partial charge on any atom is 0.319 e. The van der Waals surface area contributed by atoms with E-state index < -0.39 is 23.3 Å². The fourth-order valence-corrected chi connectivity index (χ4v) is 8.00. The zero-order valence-electron chi connectivity index (χ0n) is 24.4. The maximum atomic E-state index is 16.8. The molecule has 0 amide bonds. The standard InChI is InChI=1S/C33H32F3N7O2/c1-2-23-26(35)6-3-17-7-22(44)8-24(27(17)23)29-28(36)30-25(11-38-29)31(42-14-20-4-5-21(15-42)39-20)41-32(40-30)45-16-33-9-18(34)12-43(33)13-19(37)10-33/h1,3,6-8,11,18-21,39,44H,4-5,9-10,12-16,37H2/t18-,19?,20?,21?,33+/m1/s1. The zero-order chi connectivity index (χ0) is 31.0. The second-order valence-corrected chi connectivity index (χ2v) is 12.9. The van der Waals surface area contributed by atoms with Gasteiger partial charge in [0.15, 0.2) is 5.82 Å². The number of ether oxygens (including phenoxy) is 1. The number of halogens is 3. The Kier molecular flexibility index (Phi) is 6.57. The summed E-state index contributed by atoms with van der Waals surface area (Å²) in [5.41, 5.74) is 5.56. The van der Waals surface area contributed by atoms with Crippen molar-refractivity contribution in [2.75, 3.05) is 37.7 Å². The molecule has 2 aromatic carbocycles. The largest absolute Gasteiger partial charge is 0.508 e. The molecule has 3 unspecified atom stereocenters. The van der Waals surface area contributed by atoms with Crippen LogP contribution in [0.25, 0.3) is 32.9 Å². The van der Waals surface area contributed by atoms with E-state index in [0.29, 0.717) is 55.6 Å². The Bertz CT molecular complexity index is 1870. The highest BCUT2D eigenvalue weighted by atomic mass is 19.1. The van der Waals surface area contributed by atoms with Gasteiger partial charge < -0.3 is 25.8 Å². The lowest BCUT2D eigenvalue weighted by Crippen LogP contribution is -2.51. The molecule has 0 saturated carbocycles. The van der Waals surface area contributed by atoms with Crippen LogP contribution in [0.4, 0.5) is 19.0 Å². The Morgan fingerprint density at radius 2 is 1.91 bits per heavy atom. The number of pyridine rings is 1. The number of fused-ring (bicyclic) bond motifs is 5. The number of nitrogens with one attached hydrogen (secondary N) is 1. The second-order valence-electron chi connectivity index (χ2n) is 12.9. The molecule has 4 aliphatic heterocycles. The number of terminal acetylenes is 1. The van der Waals surface area contributed by atoms with E-state index in [1.54, 1.807) is 0 Å². The normalized spacial score (nSPS) is 27.8. The highest BCUT2D eigenvalue weighted by Gasteiger charge is 2.52. The molecule has 4 saturated heterocycles. The minimum absolute atomic E-state index is 0.0340. The highest BCUT2D eigenvalue weighted by Crippen LogP contribution is 2.42. The minimum Gasteiger partial charge on any atom is -0.508 e. The van der Waals surface area contributed by atoms with Crippen molar-refractivity contribution in [2.24, 2.45) is 5.73 Å². The molecule has 4 aromatic rings. The van der Waals surface area contributed by atoms with E-state index in [1.165, 1.54) is 30.5 Å². The first kappa shape index (κ1) is 28.3. The molecular weight excluding hydrogens is 583 g/mol. The number of rotatable bonds is 5. The minimum atomic E-state index is -0.980. The molecule has 232 valence electrons. The predicted octanol–water partition coefficient (Wildman–Crippen LogP) is 3.64. The second kappa shape index (κ2) is 10.4. The SMILES string of the molecule is C#Cc1c(F)ccc2cc(O)cc(-c3ncc4c(N5CC6CCC(C5)N6)nc(OC[C@]56CC(N)CN5C[C@H](F)C6)nc4c3F)c12. The summed E-state index contributed by atoms with van der Waals surface area (Å²) in [5.74, 6) is 1.27. The van der Waals surface area contributed by atoms with Gasteiger partial charge in [-0.25, -0.2) is 13.2 Å². The summed E-state index contributed by atoms with van der Waals surface area (Å²) in [6.07, 6.45) is 9.13. The third-order valence-electron chi connectivity index (χ3n) is 9.87. The lowest BCUT2D eigenvalue weighted by Gasteiger charge is -2.34. The number of aromatic hydroxyl groups is 1. The Morgan fingerprint density at radius 1 is 1.11 bits per heavy atom. The third kappa shape index (κ3) is 4.64. The van der Waals surface area contributed by atoms with Crippen LogP contribution in [-0.4, -0.2) is 87.6 Å². The molecule has 8 rings (SSSR count). The van der Waals surface area contributed by atoms with Crippen LogP contribution in [0.1, 0.15) is 31.2 Å². The fourth-order valence-electron chi connectivity index (χ4n) is 8.00. The van der Waals surface area contributed by atoms with Crippen molar-refractivity contribution in [3.8, 4) is 35.4 Å². The molecule has 2 aromatic heterocycles. The van der Waals surface area contributed by atoms with Gasteiger partial charge in [0.2, 0.25) is 0 Å². The van der Waals surface area contributed by atoms with Crippen LogP contribution in [0, 0.1) is 24.0 Å². The number of phenolic OH excluding ortho intramolecular Hbond substituents is 1. The van der Waals surface area contributed by atoms with Gasteiger partial charge in [-0.15, -0.1) is 6.42 Å². The van der Waals surface area contributed by atoms with E-state index in [0.717, 1.165) is 12.8 Å². The van der Waals surface area contributed by atoms with Crippen LogP contribution in [0.2, 0.25) is 0 Å². The molecule has 0 aliphatic carbocycles. The number of nitrogens with two attached hydrogens (primary N) is 1. The third-order valence-corrected chi connectivity index (χ3v) is 9.87. The van der Waals surface area contributed by atoms with Gasteiger partial charge in [0.05, 0.1) is 16.5 Å². The monoisotopic (exact) mass is 615 g/mol. The molecule has 5 atom stereocenters. The van der Waals surface area contributed by atoms with Gasteiger partial charge in [0.1, 0.15) is 41.4 Å². The van der Waals surface area contributed by atoms with Crippen LogP contribution in [-0.2, 0) is 0 Å². The van der Waals surface area contributed by atoms with Crippen molar-refractivity contribution in [2.45, 2.75) is 55.5 Å². The number of piperazine rings is 1. The molecule has 12 heteroatoms. The maximum absolute atomic E-state index is 16.8. The first-order valence-corrected chi connectivity index (χ1v) is 15.3. The lowest BCUT2D eigenvalue weighted by atomic mass is 9.93. The predicted molar refractivity (Wildman–Crippen MR) is 164 cm³/mol. The van der Waals surface area contributed by atoms with Crippen LogP contribution in [0.15, 0.2) is 30.5 Å². The first-order chi connectivity index (χ1) is 21.7. The molecule has 0 radical (unpaired) electrons. The van der Waals surface area contributed by atoms with E-state index in [-0.39, 0.29) is 64.2 Å². The quantitative estimate of drug-likeness (QED) is 0.290. The van der Waals surface area contributed by atoms with Gasteiger partial charge in [-0.2, -0.15) is 9.97 Å². The van der Waals surface area contributed by atoms with Crippen LogP contribution in [0.5, 0.6) is 11.8 Å².